The second-order valence-corrected chi connectivity index (χ2v) is 5.28. The second kappa shape index (κ2) is 5.88. The van der Waals surface area contributed by atoms with Crippen molar-refractivity contribution in [3.63, 3.8) is 0 Å². The van der Waals surface area contributed by atoms with Gasteiger partial charge in [-0.3, -0.25) is 0 Å². The molecular weight excluding hydrogens is 246 g/mol. The van der Waals surface area contributed by atoms with E-state index in [1.54, 1.807) is 6.07 Å². The molecule has 0 heterocycles. The van der Waals surface area contributed by atoms with E-state index in [1.165, 1.54) is 12.1 Å². The van der Waals surface area contributed by atoms with E-state index >= 15 is 0 Å². The first-order valence-electron chi connectivity index (χ1n) is 5.50. The Morgan fingerprint density at radius 2 is 2.06 bits per heavy atom. The Balaban J connectivity index is 2.89. The number of halogens is 3. The maximum absolute atomic E-state index is 13.1. The van der Waals surface area contributed by atoms with E-state index in [0.29, 0.717) is 10.9 Å². The minimum Gasteiger partial charge on any atom is -0.207 e. The maximum atomic E-state index is 13.1. The zero-order valence-corrected chi connectivity index (χ0v) is 11.2. The van der Waals surface area contributed by atoms with Gasteiger partial charge in [0.25, 0.3) is 0 Å². The Bertz CT molecular complexity index is 352. The molecule has 0 saturated heterocycles. The van der Waals surface area contributed by atoms with Crippen molar-refractivity contribution >= 4 is 23.2 Å². The van der Waals surface area contributed by atoms with Gasteiger partial charge in [0.2, 0.25) is 0 Å². The molecule has 1 unspecified atom stereocenters. The first-order chi connectivity index (χ1) is 7.50. The van der Waals surface area contributed by atoms with Crippen LogP contribution in [0.2, 0.25) is 5.02 Å². The normalized spacial score (nSPS) is 14.8. The molecule has 0 aliphatic heterocycles. The Hall–Kier alpha value is -0.270. The molecule has 1 aromatic carbocycles. The van der Waals surface area contributed by atoms with Crippen molar-refractivity contribution in [2.75, 3.05) is 5.88 Å². The number of alkyl halides is 1. The second-order valence-electron chi connectivity index (χ2n) is 4.61. The first-order valence-corrected chi connectivity index (χ1v) is 6.42. The van der Waals surface area contributed by atoms with Crippen molar-refractivity contribution in [2.24, 2.45) is 5.41 Å². The number of rotatable bonds is 5. The van der Waals surface area contributed by atoms with E-state index in [0.717, 1.165) is 24.8 Å². The van der Waals surface area contributed by atoms with Gasteiger partial charge in [-0.1, -0.05) is 31.9 Å². The summed E-state index contributed by atoms with van der Waals surface area (Å²) in [5.41, 5.74) is 0.839. The van der Waals surface area contributed by atoms with Gasteiger partial charge < -0.3 is 0 Å². The van der Waals surface area contributed by atoms with Crippen molar-refractivity contribution in [3.8, 4) is 0 Å². The van der Waals surface area contributed by atoms with Crippen molar-refractivity contribution in [1.29, 1.82) is 0 Å². The summed E-state index contributed by atoms with van der Waals surface area (Å²) in [5.74, 6) is 0.320. The lowest BCUT2D eigenvalue weighted by Crippen LogP contribution is -2.21. The van der Waals surface area contributed by atoms with E-state index in [9.17, 15) is 4.39 Å². The van der Waals surface area contributed by atoms with Crippen LogP contribution in [0.4, 0.5) is 4.39 Å². The molecule has 1 atom stereocenters. The van der Waals surface area contributed by atoms with Gasteiger partial charge >= 0.3 is 0 Å². The molecule has 90 valence electrons. The van der Waals surface area contributed by atoms with Crippen molar-refractivity contribution < 1.29 is 4.39 Å². The van der Waals surface area contributed by atoms with Gasteiger partial charge in [0.15, 0.2) is 0 Å². The molecular formula is C13H17Cl2F. The molecule has 0 saturated carbocycles. The van der Waals surface area contributed by atoms with Crippen LogP contribution in [0.25, 0.3) is 0 Å². The van der Waals surface area contributed by atoms with Gasteiger partial charge in [0.05, 0.1) is 0 Å². The Labute approximate surface area is 107 Å². The summed E-state index contributed by atoms with van der Waals surface area (Å²) in [5, 5.41) is 0.619. The average Bonchev–Trinajstić information content (AvgIpc) is 2.24. The molecule has 0 nitrogen and oxygen atoms in total. The SMILES string of the molecule is CCCC(C)(CCl)Cc1cc(F)ccc1Cl. The van der Waals surface area contributed by atoms with E-state index in [-0.39, 0.29) is 11.2 Å². The summed E-state index contributed by atoms with van der Waals surface area (Å²) in [7, 11) is 0. The van der Waals surface area contributed by atoms with E-state index < -0.39 is 0 Å². The van der Waals surface area contributed by atoms with Crippen LogP contribution in [0.5, 0.6) is 0 Å². The topological polar surface area (TPSA) is 0 Å². The molecule has 0 aliphatic rings. The summed E-state index contributed by atoms with van der Waals surface area (Å²) in [4.78, 5) is 0. The summed E-state index contributed by atoms with van der Waals surface area (Å²) in [6.45, 7) is 4.24. The fourth-order valence-electron chi connectivity index (χ4n) is 1.94. The Kier molecular flexibility index (Phi) is 5.07. The molecule has 0 amide bonds. The van der Waals surface area contributed by atoms with Crippen LogP contribution in [0.15, 0.2) is 18.2 Å². The Morgan fingerprint density at radius 1 is 1.38 bits per heavy atom. The van der Waals surface area contributed by atoms with Gasteiger partial charge in [-0.25, -0.2) is 4.39 Å². The minimum absolute atomic E-state index is 0.00621. The van der Waals surface area contributed by atoms with Crippen LogP contribution in [0.3, 0.4) is 0 Å². The van der Waals surface area contributed by atoms with Gasteiger partial charge in [-0.15, -0.1) is 11.6 Å². The van der Waals surface area contributed by atoms with Crippen LogP contribution in [0, 0.1) is 11.2 Å². The van der Waals surface area contributed by atoms with Crippen LogP contribution in [-0.2, 0) is 6.42 Å². The molecule has 0 aromatic heterocycles. The highest BCUT2D eigenvalue weighted by Crippen LogP contribution is 2.32. The van der Waals surface area contributed by atoms with Crippen molar-refractivity contribution in [2.45, 2.75) is 33.1 Å². The summed E-state index contributed by atoms with van der Waals surface area (Å²) in [6, 6.07) is 4.49. The lowest BCUT2D eigenvalue weighted by molar-refractivity contribution is 0.334. The molecule has 1 rings (SSSR count). The van der Waals surface area contributed by atoms with Crippen LogP contribution in [0.1, 0.15) is 32.3 Å². The summed E-state index contributed by atoms with van der Waals surface area (Å²) >= 11 is 12.0. The molecule has 0 fully saturated rings. The monoisotopic (exact) mass is 262 g/mol. The van der Waals surface area contributed by atoms with Gasteiger partial charge in [-0.05, 0) is 42.0 Å². The lowest BCUT2D eigenvalue weighted by atomic mass is 9.81. The van der Waals surface area contributed by atoms with Crippen molar-refractivity contribution in [3.05, 3.63) is 34.6 Å². The van der Waals surface area contributed by atoms with Crippen molar-refractivity contribution in [1.82, 2.24) is 0 Å². The molecule has 0 aliphatic carbocycles. The number of hydrogen-bond acceptors (Lipinski definition) is 0. The molecule has 0 N–H and O–H groups in total. The van der Waals surface area contributed by atoms with Crippen LogP contribution < -0.4 is 0 Å². The zero-order chi connectivity index (χ0) is 12.2. The standard InChI is InChI=1S/C13H17Cl2F/c1-3-6-13(2,9-14)8-10-7-11(16)4-5-12(10)15/h4-5,7H,3,6,8-9H2,1-2H3. The quantitative estimate of drug-likeness (QED) is 0.651. The molecule has 16 heavy (non-hydrogen) atoms. The first kappa shape index (κ1) is 13.8. The van der Waals surface area contributed by atoms with Crippen LogP contribution >= 0.6 is 23.2 Å². The summed E-state index contributed by atoms with van der Waals surface area (Å²) < 4.78 is 13.1. The van der Waals surface area contributed by atoms with Gasteiger partial charge in [0, 0.05) is 10.9 Å². The summed E-state index contributed by atoms with van der Waals surface area (Å²) in [6.07, 6.45) is 2.81. The third kappa shape index (κ3) is 3.64. The Morgan fingerprint density at radius 3 is 2.62 bits per heavy atom. The minimum atomic E-state index is -0.243. The van der Waals surface area contributed by atoms with Gasteiger partial charge in [0.1, 0.15) is 5.82 Å². The smallest absolute Gasteiger partial charge is 0.123 e. The average molecular weight is 263 g/mol. The van der Waals surface area contributed by atoms with E-state index in [2.05, 4.69) is 13.8 Å². The molecule has 3 heteroatoms. The molecule has 1 aromatic rings. The van der Waals surface area contributed by atoms with E-state index in [4.69, 9.17) is 23.2 Å². The lowest BCUT2D eigenvalue weighted by Gasteiger charge is -2.27. The molecule has 0 bridgehead atoms. The highest BCUT2D eigenvalue weighted by atomic mass is 35.5. The zero-order valence-electron chi connectivity index (χ0n) is 9.69. The number of hydrogen-bond donors (Lipinski definition) is 0. The number of benzene rings is 1. The van der Waals surface area contributed by atoms with Crippen LogP contribution in [-0.4, -0.2) is 5.88 Å². The molecule has 0 radical (unpaired) electrons. The highest BCUT2D eigenvalue weighted by molar-refractivity contribution is 6.31. The third-order valence-corrected chi connectivity index (χ3v) is 3.82. The van der Waals surface area contributed by atoms with E-state index in [1.807, 2.05) is 0 Å². The largest absolute Gasteiger partial charge is 0.207 e. The fourth-order valence-corrected chi connectivity index (χ4v) is 2.36. The highest BCUT2D eigenvalue weighted by Gasteiger charge is 2.23. The predicted octanol–water partition coefficient (Wildman–Crippen LogP) is 5.07. The third-order valence-electron chi connectivity index (χ3n) is 2.80. The van der Waals surface area contributed by atoms with Gasteiger partial charge in [-0.2, -0.15) is 0 Å². The predicted molar refractivity (Wildman–Crippen MR) is 68.8 cm³/mol. The maximum Gasteiger partial charge on any atom is 0.123 e. The fraction of sp³-hybridized carbons (Fsp3) is 0.538. The molecule has 0 spiro atoms.